The number of sulfonamides is 2. The molecule has 1 aliphatic rings. The lowest BCUT2D eigenvalue weighted by molar-refractivity contribution is -0.121. The number of amides is 1. The fourth-order valence-electron chi connectivity index (χ4n) is 2.96. The maximum absolute atomic E-state index is 12.6. The lowest BCUT2D eigenvalue weighted by Gasteiger charge is -2.26. The van der Waals surface area contributed by atoms with E-state index in [0.29, 0.717) is 26.2 Å². The first kappa shape index (κ1) is 24.7. The first-order valence-electron chi connectivity index (χ1n) is 10.2. The van der Waals surface area contributed by atoms with Gasteiger partial charge >= 0.3 is 0 Å². The average molecular weight is 462 g/mol. The molecule has 0 spiro atoms. The highest BCUT2D eigenvalue weighted by atomic mass is 32.2. The molecule has 1 saturated heterocycles. The summed E-state index contributed by atoms with van der Waals surface area (Å²) in [5.74, 6) is -0.0945. The molecule has 0 aromatic heterocycles. The SMILES string of the molecule is CCCCCNC(=O)CCCNS(=O)(=O)c1ccc(S(=O)(=O)N2CCOCC2)cc1. The number of hydrogen-bond donors (Lipinski definition) is 2. The molecule has 0 atom stereocenters. The van der Waals surface area contributed by atoms with Crippen LogP contribution in [0.4, 0.5) is 0 Å². The van der Waals surface area contributed by atoms with Gasteiger partial charge in [-0.1, -0.05) is 19.8 Å². The number of carbonyl (C=O) groups is 1. The second-order valence-electron chi connectivity index (χ2n) is 7.05. The predicted molar refractivity (Wildman–Crippen MR) is 113 cm³/mol. The molecule has 170 valence electrons. The third-order valence-electron chi connectivity index (χ3n) is 4.72. The summed E-state index contributed by atoms with van der Waals surface area (Å²) in [4.78, 5) is 11.7. The standard InChI is InChI=1S/C19H31N3O6S2/c1-2-3-4-11-20-19(23)6-5-12-21-29(24,25)17-7-9-18(10-8-17)30(26,27)22-13-15-28-16-14-22/h7-10,21H,2-6,11-16H2,1H3,(H,20,23). The number of morpholine rings is 1. The van der Waals surface area contributed by atoms with E-state index in [2.05, 4.69) is 17.0 Å². The van der Waals surface area contributed by atoms with Crippen molar-refractivity contribution in [2.45, 2.75) is 48.8 Å². The molecule has 0 aliphatic carbocycles. The summed E-state index contributed by atoms with van der Waals surface area (Å²) >= 11 is 0. The molecule has 2 rings (SSSR count). The van der Waals surface area contributed by atoms with Crippen LogP contribution in [0.2, 0.25) is 0 Å². The maximum Gasteiger partial charge on any atom is 0.243 e. The molecule has 30 heavy (non-hydrogen) atoms. The van der Waals surface area contributed by atoms with E-state index in [0.717, 1.165) is 19.3 Å². The van der Waals surface area contributed by atoms with Crippen LogP contribution in [-0.2, 0) is 29.6 Å². The predicted octanol–water partition coefficient (Wildman–Crippen LogP) is 1.07. The minimum atomic E-state index is -3.78. The third-order valence-corrected chi connectivity index (χ3v) is 8.11. The van der Waals surface area contributed by atoms with Crippen molar-refractivity contribution in [3.05, 3.63) is 24.3 Å². The largest absolute Gasteiger partial charge is 0.379 e. The highest BCUT2D eigenvalue weighted by Gasteiger charge is 2.26. The van der Waals surface area contributed by atoms with Gasteiger partial charge in [0.2, 0.25) is 26.0 Å². The summed E-state index contributed by atoms with van der Waals surface area (Å²) in [5.41, 5.74) is 0. The van der Waals surface area contributed by atoms with Crippen LogP contribution < -0.4 is 10.0 Å². The lowest BCUT2D eigenvalue weighted by Crippen LogP contribution is -2.40. The van der Waals surface area contributed by atoms with Gasteiger partial charge in [0.25, 0.3) is 0 Å². The Morgan fingerprint density at radius 3 is 2.23 bits per heavy atom. The van der Waals surface area contributed by atoms with E-state index in [-0.39, 0.29) is 41.8 Å². The topological polar surface area (TPSA) is 122 Å². The van der Waals surface area contributed by atoms with Gasteiger partial charge in [-0.05, 0) is 37.1 Å². The third kappa shape index (κ3) is 7.31. The molecule has 0 saturated carbocycles. The van der Waals surface area contributed by atoms with E-state index < -0.39 is 20.0 Å². The molecule has 1 aromatic rings. The lowest BCUT2D eigenvalue weighted by atomic mass is 10.2. The number of nitrogens with zero attached hydrogens (tertiary/aromatic N) is 1. The van der Waals surface area contributed by atoms with Gasteiger partial charge in [-0.15, -0.1) is 0 Å². The first-order valence-corrected chi connectivity index (χ1v) is 13.1. The number of nitrogens with one attached hydrogen (secondary N) is 2. The van der Waals surface area contributed by atoms with Gasteiger partial charge in [-0.2, -0.15) is 4.31 Å². The van der Waals surface area contributed by atoms with Crippen LogP contribution in [0.1, 0.15) is 39.0 Å². The fourth-order valence-corrected chi connectivity index (χ4v) is 5.44. The zero-order valence-corrected chi connectivity index (χ0v) is 18.9. The van der Waals surface area contributed by atoms with Crippen molar-refractivity contribution in [2.75, 3.05) is 39.4 Å². The highest BCUT2D eigenvalue weighted by molar-refractivity contribution is 7.89. The molecule has 0 unspecified atom stereocenters. The summed E-state index contributed by atoms with van der Waals surface area (Å²) in [5, 5.41) is 2.81. The van der Waals surface area contributed by atoms with Crippen LogP contribution in [0.15, 0.2) is 34.1 Å². The number of carbonyl (C=O) groups excluding carboxylic acids is 1. The molecule has 9 nitrogen and oxygen atoms in total. The Bertz CT molecular complexity index is 879. The molecule has 2 N–H and O–H groups in total. The number of hydrogen-bond acceptors (Lipinski definition) is 6. The van der Waals surface area contributed by atoms with Crippen LogP contribution in [-0.4, -0.2) is 66.4 Å². The molecular formula is C19H31N3O6S2. The second-order valence-corrected chi connectivity index (χ2v) is 10.8. The smallest absolute Gasteiger partial charge is 0.243 e. The minimum Gasteiger partial charge on any atom is -0.379 e. The Labute approximate surface area is 179 Å². The fraction of sp³-hybridized carbons (Fsp3) is 0.632. The quantitative estimate of drug-likeness (QED) is 0.449. The Kier molecular flexibility index (Phi) is 9.69. The normalized spacial score (nSPS) is 15.8. The Balaban J connectivity index is 1.84. The van der Waals surface area contributed by atoms with Gasteiger partial charge in [-0.25, -0.2) is 21.6 Å². The molecule has 1 heterocycles. The van der Waals surface area contributed by atoms with Crippen LogP contribution in [0, 0.1) is 0 Å². The summed E-state index contributed by atoms with van der Waals surface area (Å²) in [7, 11) is -7.45. The van der Waals surface area contributed by atoms with Crippen molar-refractivity contribution in [1.82, 2.24) is 14.3 Å². The van der Waals surface area contributed by atoms with Gasteiger partial charge < -0.3 is 10.1 Å². The van der Waals surface area contributed by atoms with Crippen molar-refractivity contribution in [3.8, 4) is 0 Å². The summed E-state index contributed by atoms with van der Waals surface area (Å²) in [6, 6.07) is 5.14. The molecule has 1 amide bonds. The Morgan fingerprint density at radius 1 is 0.967 bits per heavy atom. The van der Waals surface area contributed by atoms with Gasteiger partial charge in [0, 0.05) is 32.6 Å². The van der Waals surface area contributed by atoms with Crippen LogP contribution in [0.25, 0.3) is 0 Å². The van der Waals surface area contributed by atoms with Crippen molar-refractivity contribution < 1.29 is 26.4 Å². The van der Waals surface area contributed by atoms with Gasteiger partial charge in [0.15, 0.2) is 0 Å². The van der Waals surface area contributed by atoms with Crippen LogP contribution in [0.3, 0.4) is 0 Å². The van der Waals surface area contributed by atoms with Gasteiger partial charge in [-0.3, -0.25) is 4.79 Å². The van der Waals surface area contributed by atoms with Gasteiger partial charge in [0.1, 0.15) is 0 Å². The first-order chi connectivity index (χ1) is 14.3. The zero-order chi connectivity index (χ0) is 22.0. The van der Waals surface area contributed by atoms with Crippen molar-refractivity contribution in [1.29, 1.82) is 0 Å². The molecule has 1 aromatic carbocycles. The summed E-state index contributed by atoms with van der Waals surface area (Å²) < 4.78 is 58.9. The van der Waals surface area contributed by atoms with Crippen LogP contribution in [0.5, 0.6) is 0 Å². The average Bonchev–Trinajstić information content (AvgIpc) is 2.75. The molecule has 1 aliphatic heterocycles. The Morgan fingerprint density at radius 2 is 1.60 bits per heavy atom. The number of rotatable bonds is 12. The molecule has 1 fully saturated rings. The molecule has 0 radical (unpaired) electrons. The maximum atomic E-state index is 12.6. The molecule has 0 bridgehead atoms. The zero-order valence-electron chi connectivity index (χ0n) is 17.3. The highest BCUT2D eigenvalue weighted by Crippen LogP contribution is 2.19. The minimum absolute atomic E-state index is 0.0209. The van der Waals surface area contributed by atoms with E-state index in [1.807, 2.05) is 0 Å². The van der Waals surface area contributed by atoms with E-state index in [1.54, 1.807) is 0 Å². The van der Waals surface area contributed by atoms with Crippen LogP contribution >= 0.6 is 0 Å². The second kappa shape index (κ2) is 11.8. The number of unbranched alkanes of at least 4 members (excludes halogenated alkanes) is 2. The Hall–Kier alpha value is -1.53. The molecule has 11 heteroatoms. The van der Waals surface area contributed by atoms with Crippen molar-refractivity contribution >= 4 is 26.0 Å². The van der Waals surface area contributed by atoms with Gasteiger partial charge in [0.05, 0.1) is 23.0 Å². The monoisotopic (exact) mass is 461 g/mol. The van der Waals surface area contributed by atoms with Crippen molar-refractivity contribution in [2.24, 2.45) is 0 Å². The van der Waals surface area contributed by atoms with E-state index >= 15 is 0 Å². The summed E-state index contributed by atoms with van der Waals surface area (Å²) in [6.07, 6.45) is 3.70. The van der Waals surface area contributed by atoms with E-state index in [9.17, 15) is 21.6 Å². The van der Waals surface area contributed by atoms with E-state index in [1.165, 1.54) is 28.6 Å². The number of ether oxygens (including phenoxy) is 1. The number of benzene rings is 1. The summed E-state index contributed by atoms with van der Waals surface area (Å²) in [6.45, 7) is 4.08. The van der Waals surface area contributed by atoms with Crippen molar-refractivity contribution in [3.63, 3.8) is 0 Å². The molecular weight excluding hydrogens is 430 g/mol. The van der Waals surface area contributed by atoms with E-state index in [4.69, 9.17) is 4.74 Å².